The van der Waals surface area contributed by atoms with Crippen LogP contribution in [0.1, 0.15) is 16.8 Å². The molecule has 0 aliphatic carbocycles. The predicted molar refractivity (Wildman–Crippen MR) is 76.0 cm³/mol. The van der Waals surface area contributed by atoms with Crippen LogP contribution in [0.15, 0.2) is 18.2 Å². The number of carboxylic acids is 1. The molecular formula is C14H18N2O5. The number of aromatic carboxylic acids is 1. The zero-order valence-electron chi connectivity index (χ0n) is 12.0. The summed E-state index contributed by atoms with van der Waals surface area (Å²) in [6, 6.07) is 4.05. The number of urea groups is 1. The number of carboxylic acid groups (broad SMARTS) is 1. The van der Waals surface area contributed by atoms with Gasteiger partial charge in [0.1, 0.15) is 5.75 Å². The molecule has 7 heteroatoms. The quantitative estimate of drug-likeness (QED) is 0.881. The topological polar surface area (TPSA) is 88.1 Å². The van der Waals surface area contributed by atoms with Gasteiger partial charge in [0, 0.05) is 19.7 Å². The van der Waals surface area contributed by atoms with Crippen molar-refractivity contribution in [1.82, 2.24) is 4.90 Å². The Labute approximate surface area is 122 Å². The molecule has 7 nitrogen and oxygen atoms in total. The third-order valence-corrected chi connectivity index (χ3v) is 3.47. The lowest BCUT2D eigenvalue weighted by Crippen LogP contribution is -2.40. The lowest BCUT2D eigenvalue weighted by Gasteiger charge is -2.24. The Morgan fingerprint density at radius 1 is 1.48 bits per heavy atom. The number of benzene rings is 1. The summed E-state index contributed by atoms with van der Waals surface area (Å²) in [6.07, 6.45) is 0.772. The largest absolute Gasteiger partial charge is 0.497 e. The summed E-state index contributed by atoms with van der Waals surface area (Å²) < 4.78 is 10.3. The Morgan fingerprint density at radius 3 is 2.81 bits per heavy atom. The van der Waals surface area contributed by atoms with Gasteiger partial charge in [-0.2, -0.15) is 0 Å². The maximum absolute atomic E-state index is 12.2. The molecule has 2 N–H and O–H groups in total. The van der Waals surface area contributed by atoms with E-state index in [9.17, 15) is 9.59 Å². The van der Waals surface area contributed by atoms with Crippen molar-refractivity contribution in [3.05, 3.63) is 23.8 Å². The van der Waals surface area contributed by atoms with Crippen molar-refractivity contribution in [3.8, 4) is 5.75 Å². The second-order valence-corrected chi connectivity index (χ2v) is 4.78. The van der Waals surface area contributed by atoms with Crippen LogP contribution in [-0.4, -0.2) is 55.4 Å². The van der Waals surface area contributed by atoms with Crippen molar-refractivity contribution >= 4 is 17.7 Å². The molecule has 0 spiro atoms. The van der Waals surface area contributed by atoms with E-state index in [1.54, 1.807) is 7.05 Å². The molecule has 1 aliphatic rings. The van der Waals surface area contributed by atoms with Gasteiger partial charge in [-0.25, -0.2) is 9.59 Å². The summed E-state index contributed by atoms with van der Waals surface area (Å²) in [5, 5.41) is 11.8. The molecule has 0 radical (unpaired) electrons. The van der Waals surface area contributed by atoms with Crippen molar-refractivity contribution in [1.29, 1.82) is 0 Å². The number of amides is 2. The van der Waals surface area contributed by atoms with Crippen molar-refractivity contribution in [2.24, 2.45) is 0 Å². The average Bonchev–Trinajstić information content (AvgIpc) is 3.00. The smallest absolute Gasteiger partial charge is 0.337 e. The lowest BCUT2D eigenvalue weighted by atomic mass is 10.1. The summed E-state index contributed by atoms with van der Waals surface area (Å²) >= 11 is 0. The number of nitrogens with one attached hydrogen (secondary N) is 1. The molecule has 21 heavy (non-hydrogen) atoms. The summed E-state index contributed by atoms with van der Waals surface area (Å²) in [4.78, 5) is 24.9. The second kappa shape index (κ2) is 6.45. The Bertz CT molecular complexity index is 540. The van der Waals surface area contributed by atoms with Crippen molar-refractivity contribution < 1.29 is 24.2 Å². The van der Waals surface area contributed by atoms with E-state index in [0.717, 1.165) is 6.42 Å². The molecule has 2 rings (SSSR count). The summed E-state index contributed by atoms with van der Waals surface area (Å²) in [7, 11) is 3.14. The van der Waals surface area contributed by atoms with Gasteiger partial charge in [-0.15, -0.1) is 0 Å². The number of likely N-dealkylation sites (N-methyl/N-ethyl adjacent to an activating group) is 1. The number of rotatable bonds is 4. The van der Waals surface area contributed by atoms with E-state index in [1.165, 1.54) is 30.2 Å². The maximum Gasteiger partial charge on any atom is 0.337 e. The molecule has 1 fully saturated rings. The molecule has 0 aromatic heterocycles. The molecule has 1 heterocycles. The second-order valence-electron chi connectivity index (χ2n) is 4.78. The molecule has 0 bridgehead atoms. The standard InChI is InChI=1S/C14H18N2O5/c1-16(9-5-6-21-8-9)14(19)15-12-7-10(20-2)3-4-11(12)13(17)18/h3-4,7,9H,5-6,8H2,1-2H3,(H,15,19)(H,17,18). The van der Waals surface area contributed by atoms with Crippen LogP contribution in [0.3, 0.4) is 0 Å². The van der Waals surface area contributed by atoms with Gasteiger partial charge in [-0.1, -0.05) is 0 Å². The van der Waals surface area contributed by atoms with E-state index >= 15 is 0 Å². The van der Waals surface area contributed by atoms with Gasteiger partial charge in [0.05, 0.1) is 31.0 Å². The fraction of sp³-hybridized carbons (Fsp3) is 0.429. The number of carbonyl (C=O) groups is 2. The fourth-order valence-corrected chi connectivity index (χ4v) is 2.14. The first-order chi connectivity index (χ1) is 10.0. The summed E-state index contributed by atoms with van der Waals surface area (Å²) in [5.74, 6) is -0.637. The van der Waals surface area contributed by atoms with Gasteiger partial charge >= 0.3 is 12.0 Å². The van der Waals surface area contributed by atoms with Crippen LogP contribution in [0.4, 0.5) is 10.5 Å². The van der Waals surface area contributed by atoms with Crippen molar-refractivity contribution in [2.75, 3.05) is 32.7 Å². The minimum absolute atomic E-state index is 0.00360. The first-order valence-corrected chi connectivity index (χ1v) is 6.56. The van der Waals surface area contributed by atoms with Crippen molar-refractivity contribution in [3.63, 3.8) is 0 Å². The zero-order chi connectivity index (χ0) is 15.4. The van der Waals surface area contributed by atoms with E-state index in [4.69, 9.17) is 14.6 Å². The highest BCUT2D eigenvalue weighted by Gasteiger charge is 2.25. The Hall–Kier alpha value is -2.28. The third-order valence-electron chi connectivity index (χ3n) is 3.47. The highest BCUT2D eigenvalue weighted by atomic mass is 16.5. The maximum atomic E-state index is 12.2. The van der Waals surface area contributed by atoms with E-state index in [1.807, 2.05) is 0 Å². The number of hydrogen-bond donors (Lipinski definition) is 2. The number of nitrogens with zero attached hydrogens (tertiary/aromatic N) is 1. The molecule has 0 saturated carbocycles. The summed E-state index contributed by atoms with van der Waals surface area (Å²) in [5.41, 5.74) is 0.220. The van der Waals surface area contributed by atoms with Crippen LogP contribution in [0.25, 0.3) is 0 Å². The molecule has 1 aromatic carbocycles. The van der Waals surface area contributed by atoms with Crippen LogP contribution < -0.4 is 10.1 Å². The third kappa shape index (κ3) is 3.43. The number of hydrogen-bond acceptors (Lipinski definition) is 4. The van der Waals surface area contributed by atoms with Crippen molar-refractivity contribution in [2.45, 2.75) is 12.5 Å². The predicted octanol–water partition coefficient (Wildman–Crippen LogP) is 1.65. The van der Waals surface area contributed by atoms with E-state index in [0.29, 0.717) is 19.0 Å². The number of carbonyl (C=O) groups excluding carboxylic acids is 1. The van der Waals surface area contributed by atoms with Gasteiger partial charge in [-0.3, -0.25) is 0 Å². The Morgan fingerprint density at radius 2 is 2.24 bits per heavy atom. The molecular weight excluding hydrogens is 276 g/mol. The first-order valence-electron chi connectivity index (χ1n) is 6.56. The van der Waals surface area contributed by atoms with E-state index in [2.05, 4.69) is 5.32 Å². The van der Waals surface area contributed by atoms with Gasteiger partial charge in [-0.05, 0) is 18.6 Å². The van der Waals surface area contributed by atoms with E-state index in [-0.39, 0.29) is 23.3 Å². The number of anilines is 1. The SMILES string of the molecule is COc1ccc(C(=O)O)c(NC(=O)N(C)C2CCOC2)c1. The van der Waals surface area contributed by atoms with Crippen LogP contribution in [0, 0.1) is 0 Å². The highest BCUT2D eigenvalue weighted by Crippen LogP contribution is 2.23. The molecule has 1 saturated heterocycles. The minimum Gasteiger partial charge on any atom is -0.497 e. The minimum atomic E-state index is -1.11. The van der Waals surface area contributed by atoms with Crippen LogP contribution >= 0.6 is 0 Å². The van der Waals surface area contributed by atoms with Gasteiger partial charge in [0.15, 0.2) is 0 Å². The molecule has 1 aliphatic heterocycles. The average molecular weight is 294 g/mol. The molecule has 1 aromatic rings. The molecule has 114 valence electrons. The van der Waals surface area contributed by atoms with Crippen LogP contribution in [-0.2, 0) is 4.74 Å². The monoisotopic (exact) mass is 294 g/mol. The fourth-order valence-electron chi connectivity index (χ4n) is 2.14. The van der Waals surface area contributed by atoms with Crippen LogP contribution in [0.2, 0.25) is 0 Å². The lowest BCUT2D eigenvalue weighted by molar-refractivity contribution is 0.0698. The molecule has 1 unspecified atom stereocenters. The van der Waals surface area contributed by atoms with Gasteiger partial charge < -0.3 is 24.8 Å². The van der Waals surface area contributed by atoms with Gasteiger partial charge in [0.25, 0.3) is 0 Å². The zero-order valence-corrected chi connectivity index (χ0v) is 12.0. The Balaban J connectivity index is 2.16. The highest BCUT2D eigenvalue weighted by molar-refractivity contribution is 6.00. The van der Waals surface area contributed by atoms with E-state index < -0.39 is 5.97 Å². The first kappa shape index (κ1) is 15.1. The number of ether oxygens (including phenoxy) is 2. The molecule has 1 atom stereocenters. The van der Waals surface area contributed by atoms with Crippen LogP contribution in [0.5, 0.6) is 5.75 Å². The summed E-state index contributed by atoms with van der Waals surface area (Å²) in [6.45, 7) is 1.12. The number of methoxy groups -OCH3 is 1. The molecule has 2 amide bonds. The normalized spacial score (nSPS) is 17.3. The van der Waals surface area contributed by atoms with Gasteiger partial charge in [0.2, 0.25) is 0 Å². The Kier molecular flexibility index (Phi) is 4.64.